The lowest BCUT2D eigenvalue weighted by Crippen LogP contribution is -2.44. The van der Waals surface area contributed by atoms with Crippen LogP contribution in [-0.2, 0) is 0 Å². The number of para-hydroxylation sites is 1. The summed E-state index contributed by atoms with van der Waals surface area (Å²) < 4.78 is 0. The highest BCUT2D eigenvalue weighted by molar-refractivity contribution is 7.13. The van der Waals surface area contributed by atoms with Crippen molar-refractivity contribution in [3.8, 4) is 10.7 Å². The van der Waals surface area contributed by atoms with Crippen molar-refractivity contribution < 1.29 is 0 Å². The van der Waals surface area contributed by atoms with Crippen LogP contribution in [-0.4, -0.2) is 36.1 Å². The van der Waals surface area contributed by atoms with E-state index in [9.17, 15) is 0 Å². The highest BCUT2D eigenvalue weighted by Gasteiger charge is 2.17. The van der Waals surface area contributed by atoms with E-state index in [1.165, 1.54) is 0 Å². The average molecular weight is 296 g/mol. The molecule has 1 N–H and O–H groups in total. The van der Waals surface area contributed by atoms with Crippen molar-refractivity contribution in [3.63, 3.8) is 0 Å². The summed E-state index contributed by atoms with van der Waals surface area (Å²) in [6.07, 6.45) is 0. The van der Waals surface area contributed by atoms with E-state index in [4.69, 9.17) is 9.97 Å². The number of rotatable bonds is 2. The first-order valence-electron chi connectivity index (χ1n) is 7.18. The van der Waals surface area contributed by atoms with Gasteiger partial charge in [0, 0.05) is 31.6 Å². The molecule has 0 bridgehead atoms. The molecule has 0 unspecified atom stereocenters. The Labute approximate surface area is 127 Å². The Morgan fingerprint density at radius 2 is 1.86 bits per heavy atom. The Balaban J connectivity index is 1.90. The molecule has 1 fully saturated rings. The summed E-state index contributed by atoms with van der Waals surface area (Å²) in [4.78, 5) is 13.1. The van der Waals surface area contributed by atoms with Gasteiger partial charge in [-0.2, -0.15) is 0 Å². The molecule has 1 aliphatic heterocycles. The molecule has 1 aliphatic rings. The molecule has 21 heavy (non-hydrogen) atoms. The summed E-state index contributed by atoms with van der Waals surface area (Å²) in [5, 5.41) is 6.60. The molecule has 3 aromatic rings. The molecule has 0 spiro atoms. The first-order valence-corrected chi connectivity index (χ1v) is 8.06. The van der Waals surface area contributed by atoms with Gasteiger partial charge in [0.2, 0.25) is 0 Å². The van der Waals surface area contributed by atoms with Crippen molar-refractivity contribution in [2.75, 3.05) is 31.1 Å². The zero-order valence-electron chi connectivity index (χ0n) is 11.6. The molecule has 0 saturated carbocycles. The van der Waals surface area contributed by atoms with Crippen LogP contribution in [0.25, 0.3) is 21.6 Å². The number of nitrogens with zero attached hydrogens (tertiary/aromatic N) is 3. The third-order valence-corrected chi connectivity index (χ3v) is 4.61. The van der Waals surface area contributed by atoms with Crippen LogP contribution in [0.5, 0.6) is 0 Å². The van der Waals surface area contributed by atoms with E-state index >= 15 is 0 Å². The SMILES string of the molecule is c1csc(-c2nc(N3CCNCC3)c3ccccc3n2)c1. The number of piperazine rings is 1. The monoisotopic (exact) mass is 296 g/mol. The van der Waals surface area contributed by atoms with Crippen LogP contribution < -0.4 is 10.2 Å². The standard InChI is InChI=1S/C16H16N4S/c1-2-5-13-12(4-1)16(20-9-7-17-8-10-20)19-15(18-13)14-6-3-11-21-14/h1-6,11,17H,7-10H2. The molecular formula is C16H16N4S. The third kappa shape index (κ3) is 2.39. The third-order valence-electron chi connectivity index (χ3n) is 3.74. The molecule has 106 valence electrons. The zero-order chi connectivity index (χ0) is 14.1. The molecule has 1 aromatic carbocycles. The van der Waals surface area contributed by atoms with Gasteiger partial charge in [-0.15, -0.1) is 11.3 Å². The minimum absolute atomic E-state index is 0.831. The molecule has 4 rings (SSSR count). The van der Waals surface area contributed by atoms with Crippen LogP contribution in [0.2, 0.25) is 0 Å². The van der Waals surface area contributed by atoms with Gasteiger partial charge in [0.25, 0.3) is 0 Å². The number of anilines is 1. The Morgan fingerprint density at radius 3 is 2.67 bits per heavy atom. The van der Waals surface area contributed by atoms with Gasteiger partial charge in [0.05, 0.1) is 10.4 Å². The van der Waals surface area contributed by atoms with E-state index in [1.807, 2.05) is 12.1 Å². The molecular weight excluding hydrogens is 280 g/mol. The predicted octanol–water partition coefficient (Wildman–Crippen LogP) is 2.77. The number of hydrogen-bond acceptors (Lipinski definition) is 5. The summed E-state index contributed by atoms with van der Waals surface area (Å²) in [5.41, 5.74) is 1.02. The first kappa shape index (κ1) is 12.7. The number of benzene rings is 1. The number of thiophene rings is 1. The highest BCUT2D eigenvalue weighted by atomic mass is 32.1. The minimum Gasteiger partial charge on any atom is -0.353 e. The number of nitrogens with one attached hydrogen (secondary N) is 1. The largest absolute Gasteiger partial charge is 0.353 e. The van der Waals surface area contributed by atoms with Gasteiger partial charge in [-0.1, -0.05) is 18.2 Å². The van der Waals surface area contributed by atoms with E-state index < -0.39 is 0 Å². The van der Waals surface area contributed by atoms with Gasteiger partial charge in [-0.05, 0) is 23.6 Å². The predicted molar refractivity (Wildman–Crippen MR) is 87.9 cm³/mol. The normalized spacial score (nSPS) is 15.5. The fourth-order valence-electron chi connectivity index (χ4n) is 2.69. The number of fused-ring (bicyclic) bond motifs is 1. The van der Waals surface area contributed by atoms with Gasteiger partial charge in [-0.25, -0.2) is 9.97 Å². The van der Waals surface area contributed by atoms with Crippen LogP contribution >= 0.6 is 11.3 Å². The quantitative estimate of drug-likeness (QED) is 0.789. The van der Waals surface area contributed by atoms with Crippen LogP contribution in [0.4, 0.5) is 5.82 Å². The van der Waals surface area contributed by atoms with Gasteiger partial charge in [-0.3, -0.25) is 0 Å². The van der Waals surface area contributed by atoms with Crippen molar-refractivity contribution in [2.45, 2.75) is 0 Å². The summed E-state index contributed by atoms with van der Waals surface area (Å²) in [6, 6.07) is 12.4. The summed E-state index contributed by atoms with van der Waals surface area (Å²) in [6.45, 7) is 4.00. The molecule has 4 nitrogen and oxygen atoms in total. The van der Waals surface area contributed by atoms with E-state index in [0.29, 0.717) is 0 Å². The topological polar surface area (TPSA) is 41.1 Å². The molecule has 0 aliphatic carbocycles. The van der Waals surface area contributed by atoms with E-state index in [1.54, 1.807) is 11.3 Å². The van der Waals surface area contributed by atoms with Gasteiger partial charge >= 0.3 is 0 Å². The lowest BCUT2D eigenvalue weighted by atomic mass is 10.2. The van der Waals surface area contributed by atoms with Crippen molar-refractivity contribution in [3.05, 3.63) is 41.8 Å². The van der Waals surface area contributed by atoms with Crippen molar-refractivity contribution in [1.29, 1.82) is 0 Å². The van der Waals surface area contributed by atoms with E-state index in [0.717, 1.165) is 53.6 Å². The van der Waals surface area contributed by atoms with Crippen molar-refractivity contribution >= 4 is 28.1 Å². The average Bonchev–Trinajstić information content (AvgIpc) is 3.09. The Morgan fingerprint density at radius 1 is 1.00 bits per heavy atom. The maximum Gasteiger partial charge on any atom is 0.172 e. The van der Waals surface area contributed by atoms with Gasteiger partial charge < -0.3 is 10.2 Å². The highest BCUT2D eigenvalue weighted by Crippen LogP contribution is 2.29. The van der Waals surface area contributed by atoms with Crippen LogP contribution in [0.3, 0.4) is 0 Å². The summed E-state index contributed by atoms with van der Waals surface area (Å²) in [5.74, 6) is 1.89. The molecule has 0 radical (unpaired) electrons. The van der Waals surface area contributed by atoms with E-state index in [2.05, 4.69) is 39.9 Å². The van der Waals surface area contributed by atoms with Crippen molar-refractivity contribution in [1.82, 2.24) is 15.3 Å². The Hall–Kier alpha value is -1.98. The second-order valence-electron chi connectivity index (χ2n) is 5.10. The summed E-state index contributed by atoms with van der Waals surface area (Å²) in [7, 11) is 0. The fraction of sp³-hybridized carbons (Fsp3) is 0.250. The molecule has 5 heteroatoms. The Kier molecular flexibility index (Phi) is 3.29. The fourth-order valence-corrected chi connectivity index (χ4v) is 3.35. The summed E-state index contributed by atoms with van der Waals surface area (Å²) >= 11 is 1.68. The van der Waals surface area contributed by atoms with E-state index in [-0.39, 0.29) is 0 Å². The van der Waals surface area contributed by atoms with Gasteiger partial charge in [0.15, 0.2) is 5.82 Å². The molecule has 0 amide bonds. The molecule has 2 aromatic heterocycles. The smallest absolute Gasteiger partial charge is 0.172 e. The zero-order valence-corrected chi connectivity index (χ0v) is 12.4. The van der Waals surface area contributed by atoms with Gasteiger partial charge in [0.1, 0.15) is 5.82 Å². The number of hydrogen-bond donors (Lipinski definition) is 1. The second-order valence-corrected chi connectivity index (χ2v) is 6.05. The lowest BCUT2D eigenvalue weighted by molar-refractivity contribution is 0.586. The number of aromatic nitrogens is 2. The first-order chi connectivity index (χ1) is 10.4. The van der Waals surface area contributed by atoms with Crippen LogP contribution in [0.15, 0.2) is 41.8 Å². The maximum absolute atomic E-state index is 4.86. The maximum atomic E-state index is 4.86. The Bertz CT molecular complexity index is 748. The lowest BCUT2D eigenvalue weighted by Gasteiger charge is -2.29. The second kappa shape index (κ2) is 5.42. The molecule has 0 atom stereocenters. The van der Waals surface area contributed by atoms with Crippen LogP contribution in [0, 0.1) is 0 Å². The molecule has 3 heterocycles. The molecule has 1 saturated heterocycles. The minimum atomic E-state index is 0.831. The van der Waals surface area contributed by atoms with Crippen LogP contribution in [0.1, 0.15) is 0 Å². The van der Waals surface area contributed by atoms with Crippen molar-refractivity contribution in [2.24, 2.45) is 0 Å².